The van der Waals surface area contributed by atoms with Crippen LogP contribution < -0.4 is 10.1 Å². The molecule has 3 nitrogen and oxygen atoms in total. The molecule has 0 aliphatic rings. The van der Waals surface area contributed by atoms with E-state index in [2.05, 4.69) is 46.1 Å². The van der Waals surface area contributed by atoms with Crippen molar-refractivity contribution in [3.05, 3.63) is 46.7 Å². The zero-order valence-corrected chi connectivity index (χ0v) is 13.1. The molecule has 0 aliphatic carbocycles. The molecule has 1 heterocycles. The van der Waals surface area contributed by atoms with Crippen molar-refractivity contribution >= 4 is 17.0 Å². The molecular formula is C16H22N2OS. The minimum atomic E-state index is 0.304. The first-order chi connectivity index (χ1) is 9.65. The summed E-state index contributed by atoms with van der Waals surface area (Å²) < 4.78 is 5.75. The molecule has 0 saturated heterocycles. The second-order valence-corrected chi connectivity index (χ2v) is 5.88. The molecule has 1 atom stereocenters. The number of ether oxygens (including phenoxy) is 1. The van der Waals surface area contributed by atoms with Crippen LogP contribution in [-0.2, 0) is 0 Å². The molecule has 1 unspecified atom stereocenters. The summed E-state index contributed by atoms with van der Waals surface area (Å²) in [7, 11) is 4.09. The van der Waals surface area contributed by atoms with Crippen LogP contribution in [0.1, 0.15) is 18.5 Å². The lowest BCUT2D eigenvalue weighted by molar-refractivity contribution is 0.261. The Kier molecular flexibility index (Phi) is 5.44. The molecule has 2 rings (SSSR count). The van der Waals surface area contributed by atoms with Gasteiger partial charge < -0.3 is 15.0 Å². The van der Waals surface area contributed by atoms with Gasteiger partial charge in [-0.3, -0.25) is 0 Å². The summed E-state index contributed by atoms with van der Waals surface area (Å²) >= 11 is 1.73. The molecule has 0 radical (unpaired) electrons. The zero-order chi connectivity index (χ0) is 14.4. The molecule has 0 fully saturated rings. The summed E-state index contributed by atoms with van der Waals surface area (Å²) in [5.41, 5.74) is 2.40. The minimum absolute atomic E-state index is 0.304. The first-order valence-corrected chi connectivity index (χ1v) is 7.75. The molecule has 0 saturated carbocycles. The normalized spacial score (nSPS) is 12.4. The molecule has 1 aromatic carbocycles. The van der Waals surface area contributed by atoms with Gasteiger partial charge in [0, 0.05) is 24.3 Å². The fourth-order valence-corrected chi connectivity index (χ4v) is 2.63. The number of rotatable bonds is 7. The number of thiophene rings is 1. The molecule has 0 spiro atoms. The average molecular weight is 290 g/mol. The highest BCUT2D eigenvalue weighted by Crippen LogP contribution is 2.23. The van der Waals surface area contributed by atoms with Gasteiger partial charge in [-0.25, -0.2) is 0 Å². The quantitative estimate of drug-likeness (QED) is 0.838. The summed E-state index contributed by atoms with van der Waals surface area (Å²) in [5.74, 6) is 0.911. The third-order valence-corrected chi connectivity index (χ3v) is 3.77. The van der Waals surface area contributed by atoms with Crippen LogP contribution in [0.25, 0.3) is 0 Å². The number of likely N-dealkylation sites (N-methyl/N-ethyl adjacent to an activating group) is 1. The highest BCUT2D eigenvalue weighted by Gasteiger charge is 2.06. The summed E-state index contributed by atoms with van der Waals surface area (Å²) in [6.45, 7) is 3.79. The van der Waals surface area contributed by atoms with Crippen LogP contribution in [0.2, 0.25) is 0 Å². The van der Waals surface area contributed by atoms with Crippen molar-refractivity contribution in [1.29, 1.82) is 0 Å². The van der Waals surface area contributed by atoms with E-state index < -0.39 is 0 Å². The number of hydrogen-bond acceptors (Lipinski definition) is 4. The second-order valence-electron chi connectivity index (χ2n) is 5.10. The molecule has 1 aromatic heterocycles. The smallest absolute Gasteiger partial charge is 0.121 e. The van der Waals surface area contributed by atoms with E-state index in [0.29, 0.717) is 12.6 Å². The van der Waals surface area contributed by atoms with Crippen molar-refractivity contribution in [3.63, 3.8) is 0 Å². The van der Waals surface area contributed by atoms with Crippen molar-refractivity contribution in [3.8, 4) is 5.75 Å². The van der Waals surface area contributed by atoms with E-state index in [1.807, 2.05) is 26.2 Å². The summed E-state index contributed by atoms with van der Waals surface area (Å²) in [6.07, 6.45) is 0. The predicted molar refractivity (Wildman–Crippen MR) is 86.8 cm³/mol. The first kappa shape index (κ1) is 14.9. The van der Waals surface area contributed by atoms with Gasteiger partial charge >= 0.3 is 0 Å². The van der Waals surface area contributed by atoms with Crippen LogP contribution in [0.4, 0.5) is 5.69 Å². The average Bonchev–Trinajstić information content (AvgIpc) is 2.92. The maximum absolute atomic E-state index is 5.75. The minimum Gasteiger partial charge on any atom is -0.492 e. The van der Waals surface area contributed by atoms with E-state index in [9.17, 15) is 0 Å². The van der Waals surface area contributed by atoms with Crippen LogP contribution in [0.5, 0.6) is 5.75 Å². The highest BCUT2D eigenvalue weighted by molar-refractivity contribution is 7.07. The second kappa shape index (κ2) is 7.31. The number of hydrogen-bond donors (Lipinski definition) is 1. The molecule has 4 heteroatoms. The number of anilines is 1. The van der Waals surface area contributed by atoms with Gasteiger partial charge in [-0.15, -0.1) is 0 Å². The third kappa shape index (κ3) is 4.54. The van der Waals surface area contributed by atoms with Gasteiger partial charge in [0.25, 0.3) is 0 Å². The Bertz CT molecular complexity index is 511. The van der Waals surface area contributed by atoms with Gasteiger partial charge in [0.1, 0.15) is 12.4 Å². The summed E-state index contributed by atoms with van der Waals surface area (Å²) in [5, 5.41) is 7.78. The first-order valence-electron chi connectivity index (χ1n) is 6.81. The molecule has 0 aliphatic heterocycles. The van der Waals surface area contributed by atoms with Crippen LogP contribution in [0.3, 0.4) is 0 Å². The van der Waals surface area contributed by atoms with E-state index >= 15 is 0 Å². The lowest BCUT2D eigenvalue weighted by atomic mass is 10.1. The molecule has 2 aromatic rings. The van der Waals surface area contributed by atoms with E-state index in [4.69, 9.17) is 4.74 Å². The van der Waals surface area contributed by atoms with E-state index in [0.717, 1.165) is 18.0 Å². The van der Waals surface area contributed by atoms with Crippen LogP contribution in [0.15, 0.2) is 41.1 Å². The van der Waals surface area contributed by atoms with Gasteiger partial charge in [-0.1, -0.05) is 6.07 Å². The van der Waals surface area contributed by atoms with Crippen molar-refractivity contribution in [2.24, 2.45) is 0 Å². The summed E-state index contributed by atoms with van der Waals surface area (Å²) in [4.78, 5) is 2.11. The van der Waals surface area contributed by atoms with Crippen LogP contribution >= 0.6 is 11.3 Å². The highest BCUT2D eigenvalue weighted by atomic mass is 32.1. The Morgan fingerprint density at radius 3 is 2.85 bits per heavy atom. The van der Waals surface area contributed by atoms with E-state index in [-0.39, 0.29) is 0 Å². The van der Waals surface area contributed by atoms with Crippen LogP contribution in [-0.4, -0.2) is 32.1 Å². The maximum atomic E-state index is 5.75. The molecule has 20 heavy (non-hydrogen) atoms. The van der Waals surface area contributed by atoms with Crippen molar-refractivity contribution in [2.45, 2.75) is 13.0 Å². The number of nitrogens with one attached hydrogen (secondary N) is 1. The molecule has 0 bridgehead atoms. The van der Waals surface area contributed by atoms with Gasteiger partial charge in [0.2, 0.25) is 0 Å². The van der Waals surface area contributed by atoms with Gasteiger partial charge in [-0.2, -0.15) is 11.3 Å². The van der Waals surface area contributed by atoms with Gasteiger partial charge in [0.15, 0.2) is 0 Å². The molecular weight excluding hydrogens is 268 g/mol. The van der Waals surface area contributed by atoms with Crippen LogP contribution in [0, 0.1) is 0 Å². The van der Waals surface area contributed by atoms with Crippen molar-refractivity contribution in [1.82, 2.24) is 4.90 Å². The zero-order valence-electron chi connectivity index (χ0n) is 12.3. The molecule has 108 valence electrons. The Balaban J connectivity index is 1.92. The Morgan fingerprint density at radius 2 is 2.15 bits per heavy atom. The molecule has 0 amide bonds. The Labute approximate surface area is 125 Å². The standard InChI is InChI=1S/C16H22N2OS/c1-13(14-7-10-20-12-14)17-15-5-4-6-16(11-15)19-9-8-18(2)3/h4-7,10-13,17H,8-9H2,1-3H3. The fraction of sp³-hybridized carbons (Fsp3) is 0.375. The SMILES string of the molecule is CC(Nc1cccc(OCCN(C)C)c1)c1ccsc1. The monoisotopic (exact) mass is 290 g/mol. The van der Waals surface area contributed by atoms with Gasteiger partial charge in [0.05, 0.1) is 0 Å². The number of nitrogens with zero attached hydrogens (tertiary/aromatic N) is 1. The fourth-order valence-electron chi connectivity index (χ4n) is 1.88. The lowest BCUT2D eigenvalue weighted by Crippen LogP contribution is -2.19. The van der Waals surface area contributed by atoms with E-state index in [1.165, 1.54) is 5.56 Å². The third-order valence-electron chi connectivity index (χ3n) is 3.07. The Morgan fingerprint density at radius 1 is 1.30 bits per heavy atom. The van der Waals surface area contributed by atoms with Crippen molar-refractivity contribution < 1.29 is 4.74 Å². The number of benzene rings is 1. The molecule has 1 N–H and O–H groups in total. The van der Waals surface area contributed by atoms with Gasteiger partial charge in [-0.05, 0) is 55.5 Å². The predicted octanol–water partition coefficient (Wildman–Crippen LogP) is 3.86. The lowest BCUT2D eigenvalue weighted by Gasteiger charge is -2.16. The van der Waals surface area contributed by atoms with E-state index in [1.54, 1.807) is 11.3 Å². The Hall–Kier alpha value is -1.52. The maximum Gasteiger partial charge on any atom is 0.121 e. The largest absolute Gasteiger partial charge is 0.492 e. The van der Waals surface area contributed by atoms with Crippen molar-refractivity contribution in [2.75, 3.05) is 32.6 Å². The summed E-state index contributed by atoms with van der Waals surface area (Å²) in [6, 6.07) is 10.6. The topological polar surface area (TPSA) is 24.5 Å².